The molecule has 0 spiro atoms. The number of carboxylic acid groups (broad SMARTS) is 1. The van der Waals surface area contributed by atoms with E-state index in [9.17, 15) is 13.2 Å². The second-order valence-electron chi connectivity index (χ2n) is 3.56. The van der Waals surface area contributed by atoms with Gasteiger partial charge in [-0.05, 0) is 19.3 Å². The monoisotopic (exact) mass is 221 g/mol. The fraction of sp³-hybridized carbons (Fsp3) is 0.875. The summed E-state index contributed by atoms with van der Waals surface area (Å²) >= 11 is 0. The van der Waals surface area contributed by atoms with Gasteiger partial charge in [-0.2, -0.15) is 0 Å². The highest BCUT2D eigenvalue weighted by Crippen LogP contribution is 2.27. The molecule has 82 valence electrons. The Morgan fingerprint density at radius 3 is 2.50 bits per heavy atom. The first-order valence-corrected chi connectivity index (χ1v) is 6.22. The van der Waals surface area contributed by atoms with Gasteiger partial charge in [0.2, 0.25) is 10.0 Å². The lowest BCUT2D eigenvalue weighted by Gasteiger charge is -2.15. The number of aliphatic carboxylic acids is 1. The first-order chi connectivity index (χ1) is 6.43. The molecule has 1 rings (SSSR count). The van der Waals surface area contributed by atoms with Crippen molar-refractivity contribution < 1.29 is 18.3 Å². The smallest absolute Gasteiger partial charge is 0.303 e. The van der Waals surface area contributed by atoms with Gasteiger partial charge < -0.3 is 5.11 Å². The van der Waals surface area contributed by atoms with Gasteiger partial charge in [-0.25, -0.2) is 12.7 Å². The molecule has 1 aliphatic rings. The quantitative estimate of drug-likeness (QED) is 0.699. The summed E-state index contributed by atoms with van der Waals surface area (Å²) in [6, 6.07) is 0.157. The van der Waals surface area contributed by atoms with E-state index in [0.717, 1.165) is 12.8 Å². The predicted octanol–water partition coefficient (Wildman–Crippen LogP) is 0.275. The summed E-state index contributed by atoms with van der Waals surface area (Å²) in [5.74, 6) is -1.01. The Balaban J connectivity index is 2.37. The standard InChI is InChI=1S/C8H15NO4S/c1-9(7-4-5-7)14(12,13)6-2-3-8(10)11/h7H,2-6H2,1H3,(H,10,11). The third-order valence-electron chi connectivity index (χ3n) is 2.29. The highest BCUT2D eigenvalue weighted by Gasteiger charge is 2.33. The molecule has 0 aliphatic heterocycles. The van der Waals surface area contributed by atoms with E-state index in [4.69, 9.17) is 5.11 Å². The number of sulfonamides is 1. The van der Waals surface area contributed by atoms with Crippen molar-refractivity contribution in [1.29, 1.82) is 0 Å². The molecular formula is C8H15NO4S. The van der Waals surface area contributed by atoms with Crippen LogP contribution in [-0.4, -0.2) is 42.6 Å². The molecule has 1 N–H and O–H groups in total. The molecule has 0 aromatic rings. The third-order valence-corrected chi connectivity index (χ3v) is 4.27. The Bertz CT molecular complexity index is 307. The Morgan fingerprint density at radius 1 is 1.50 bits per heavy atom. The zero-order chi connectivity index (χ0) is 10.8. The number of carbonyl (C=O) groups is 1. The summed E-state index contributed by atoms with van der Waals surface area (Å²) in [5, 5.41) is 8.36. The van der Waals surface area contributed by atoms with E-state index in [-0.39, 0.29) is 24.6 Å². The minimum Gasteiger partial charge on any atom is -0.481 e. The molecule has 6 heteroatoms. The van der Waals surface area contributed by atoms with Crippen LogP contribution >= 0.6 is 0 Å². The Kier molecular flexibility index (Phi) is 3.49. The fourth-order valence-corrected chi connectivity index (χ4v) is 2.68. The summed E-state index contributed by atoms with van der Waals surface area (Å²) in [5.41, 5.74) is 0. The van der Waals surface area contributed by atoms with E-state index in [1.165, 1.54) is 4.31 Å². The Labute approximate surface area is 83.8 Å². The van der Waals surface area contributed by atoms with Crippen LogP contribution in [0, 0.1) is 0 Å². The molecular weight excluding hydrogens is 206 g/mol. The Hall–Kier alpha value is -0.620. The average molecular weight is 221 g/mol. The van der Waals surface area contributed by atoms with Crippen molar-refractivity contribution >= 4 is 16.0 Å². The van der Waals surface area contributed by atoms with Crippen LogP contribution in [0.25, 0.3) is 0 Å². The SMILES string of the molecule is CN(C1CC1)S(=O)(=O)CCCC(=O)O. The maximum atomic E-state index is 11.5. The summed E-state index contributed by atoms with van der Waals surface area (Å²) in [4.78, 5) is 10.2. The molecule has 0 aromatic carbocycles. The lowest BCUT2D eigenvalue weighted by molar-refractivity contribution is -0.137. The van der Waals surface area contributed by atoms with Crippen LogP contribution in [0.15, 0.2) is 0 Å². The maximum Gasteiger partial charge on any atom is 0.303 e. The summed E-state index contributed by atoms with van der Waals surface area (Å²) in [7, 11) is -1.66. The van der Waals surface area contributed by atoms with E-state index in [1.807, 2.05) is 0 Å². The lowest BCUT2D eigenvalue weighted by atomic mass is 10.3. The minimum atomic E-state index is -3.22. The molecule has 0 atom stereocenters. The fourth-order valence-electron chi connectivity index (χ4n) is 1.22. The maximum absolute atomic E-state index is 11.5. The van der Waals surface area contributed by atoms with E-state index in [0.29, 0.717) is 0 Å². The van der Waals surface area contributed by atoms with Crippen LogP contribution in [-0.2, 0) is 14.8 Å². The van der Waals surface area contributed by atoms with Gasteiger partial charge in [0, 0.05) is 19.5 Å². The molecule has 0 bridgehead atoms. The van der Waals surface area contributed by atoms with Gasteiger partial charge in [-0.3, -0.25) is 4.79 Å². The van der Waals surface area contributed by atoms with Crippen LogP contribution < -0.4 is 0 Å². The van der Waals surface area contributed by atoms with E-state index < -0.39 is 16.0 Å². The minimum absolute atomic E-state index is 0.0632. The van der Waals surface area contributed by atoms with Crippen molar-refractivity contribution in [1.82, 2.24) is 4.31 Å². The van der Waals surface area contributed by atoms with Gasteiger partial charge in [0.15, 0.2) is 0 Å². The summed E-state index contributed by atoms with van der Waals surface area (Å²) in [6.07, 6.45) is 1.95. The number of carboxylic acids is 1. The molecule has 1 saturated carbocycles. The first-order valence-electron chi connectivity index (χ1n) is 4.61. The molecule has 0 unspecified atom stereocenters. The molecule has 1 fully saturated rings. The van der Waals surface area contributed by atoms with Gasteiger partial charge in [0.25, 0.3) is 0 Å². The normalized spacial score (nSPS) is 17.3. The topological polar surface area (TPSA) is 74.7 Å². The van der Waals surface area contributed by atoms with Crippen LogP contribution in [0.5, 0.6) is 0 Å². The van der Waals surface area contributed by atoms with E-state index in [2.05, 4.69) is 0 Å². The van der Waals surface area contributed by atoms with Gasteiger partial charge in [-0.1, -0.05) is 0 Å². The van der Waals surface area contributed by atoms with E-state index >= 15 is 0 Å². The lowest BCUT2D eigenvalue weighted by Crippen LogP contribution is -2.31. The summed E-state index contributed by atoms with van der Waals surface area (Å²) in [6.45, 7) is 0. The van der Waals surface area contributed by atoms with Crippen LogP contribution in [0.2, 0.25) is 0 Å². The predicted molar refractivity (Wildman–Crippen MR) is 51.4 cm³/mol. The highest BCUT2D eigenvalue weighted by molar-refractivity contribution is 7.89. The molecule has 1 aliphatic carbocycles. The molecule has 0 heterocycles. The number of rotatable bonds is 6. The van der Waals surface area contributed by atoms with Crippen molar-refractivity contribution in [3.63, 3.8) is 0 Å². The average Bonchev–Trinajstić information content (AvgIpc) is 2.84. The Morgan fingerprint density at radius 2 is 2.07 bits per heavy atom. The van der Waals surface area contributed by atoms with Crippen molar-refractivity contribution in [2.75, 3.05) is 12.8 Å². The first kappa shape index (κ1) is 11.5. The number of nitrogens with zero attached hydrogens (tertiary/aromatic N) is 1. The molecule has 0 aromatic heterocycles. The zero-order valence-electron chi connectivity index (χ0n) is 8.14. The number of hydrogen-bond acceptors (Lipinski definition) is 3. The van der Waals surface area contributed by atoms with Crippen LogP contribution in [0.3, 0.4) is 0 Å². The molecule has 14 heavy (non-hydrogen) atoms. The second-order valence-corrected chi connectivity index (χ2v) is 5.71. The van der Waals surface area contributed by atoms with Crippen molar-refractivity contribution in [3.05, 3.63) is 0 Å². The molecule has 0 saturated heterocycles. The molecule has 0 radical (unpaired) electrons. The summed E-state index contributed by atoms with van der Waals surface area (Å²) < 4.78 is 24.4. The molecule has 0 amide bonds. The van der Waals surface area contributed by atoms with Crippen molar-refractivity contribution in [2.45, 2.75) is 31.7 Å². The van der Waals surface area contributed by atoms with Crippen LogP contribution in [0.1, 0.15) is 25.7 Å². The molecule has 5 nitrogen and oxygen atoms in total. The highest BCUT2D eigenvalue weighted by atomic mass is 32.2. The van der Waals surface area contributed by atoms with Gasteiger partial charge in [-0.15, -0.1) is 0 Å². The third kappa shape index (κ3) is 3.26. The largest absolute Gasteiger partial charge is 0.481 e. The van der Waals surface area contributed by atoms with Crippen molar-refractivity contribution in [2.24, 2.45) is 0 Å². The number of hydrogen-bond donors (Lipinski definition) is 1. The second kappa shape index (κ2) is 4.27. The zero-order valence-corrected chi connectivity index (χ0v) is 8.96. The van der Waals surface area contributed by atoms with Gasteiger partial charge in [0.05, 0.1) is 5.75 Å². The van der Waals surface area contributed by atoms with E-state index in [1.54, 1.807) is 7.05 Å². The van der Waals surface area contributed by atoms with Gasteiger partial charge in [0.1, 0.15) is 0 Å². The van der Waals surface area contributed by atoms with Gasteiger partial charge >= 0.3 is 5.97 Å². The van der Waals surface area contributed by atoms with Crippen molar-refractivity contribution in [3.8, 4) is 0 Å². The van der Waals surface area contributed by atoms with Crippen LogP contribution in [0.4, 0.5) is 0 Å².